The third-order valence-electron chi connectivity index (χ3n) is 2.07. The maximum atomic E-state index is 13.1. The third-order valence-corrected chi connectivity index (χ3v) is 2.07. The molecule has 0 bridgehead atoms. The van der Waals surface area contributed by atoms with Crippen molar-refractivity contribution < 1.29 is 14.1 Å². The summed E-state index contributed by atoms with van der Waals surface area (Å²) in [5.41, 5.74) is 0.562. The summed E-state index contributed by atoms with van der Waals surface area (Å²) in [5, 5.41) is 10.4. The first-order valence-corrected chi connectivity index (χ1v) is 3.88. The van der Waals surface area contributed by atoms with Gasteiger partial charge in [0.05, 0.1) is 4.92 Å². The molecule has 0 spiro atoms. The topological polar surface area (TPSA) is 52.4 Å². The highest BCUT2D eigenvalue weighted by Gasteiger charge is 2.23. The zero-order valence-electron chi connectivity index (χ0n) is 7.12. The summed E-state index contributed by atoms with van der Waals surface area (Å²) in [7, 11) is 0. The molecule has 0 N–H and O–H groups in total. The second-order valence-electron chi connectivity index (χ2n) is 2.93. The molecule has 0 saturated carbocycles. The van der Waals surface area contributed by atoms with E-state index in [2.05, 4.69) is 6.58 Å². The molecular weight excluding hydrogens is 189 g/mol. The van der Waals surface area contributed by atoms with E-state index >= 15 is 0 Å². The summed E-state index contributed by atoms with van der Waals surface area (Å²) in [6.07, 6.45) is 0. The predicted molar refractivity (Wildman–Crippen MR) is 46.9 cm³/mol. The van der Waals surface area contributed by atoms with Crippen molar-refractivity contribution in [3.05, 3.63) is 45.8 Å². The number of rotatable bonds is 1. The van der Waals surface area contributed by atoms with E-state index in [1.165, 1.54) is 0 Å². The summed E-state index contributed by atoms with van der Waals surface area (Å²) in [4.78, 5) is 9.66. The molecule has 1 aliphatic rings. The van der Waals surface area contributed by atoms with Gasteiger partial charge < -0.3 is 4.74 Å². The highest BCUT2D eigenvalue weighted by atomic mass is 19.1. The Morgan fingerprint density at radius 2 is 2.29 bits per heavy atom. The minimum absolute atomic E-state index is 0.225. The van der Waals surface area contributed by atoms with E-state index in [9.17, 15) is 14.5 Å². The molecule has 1 aromatic rings. The highest BCUT2D eigenvalue weighted by Crippen LogP contribution is 2.32. The van der Waals surface area contributed by atoms with Crippen LogP contribution in [0.2, 0.25) is 0 Å². The molecule has 4 nitrogen and oxygen atoms in total. The van der Waals surface area contributed by atoms with Crippen LogP contribution in [0.1, 0.15) is 11.1 Å². The van der Waals surface area contributed by atoms with Crippen LogP contribution >= 0.6 is 0 Å². The SMILES string of the molecule is C=C1OCc2cc(F)c([N+](=O)[O-])cc21. The van der Waals surface area contributed by atoms with Gasteiger partial charge in [-0.15, -0.1) is 0 Å². The minimum Gasteiger partial charge on any atom is -0.489 e. The van der Waals surface area contributed by atoms with Crippen molar-refractivity contribution in [3.8, 4) is 0 Å². The Balaban J connectivity index is 2.62. The average molecular weight is 195 g/mol. The first-order chi connectivity index (χ1) is 6.59. The number of halogens is 1. The zero-order chi connectivity index (χ0) is 10.3. The van der Waals surface area contributed by atoms with Crippen LogP contribution < -0.4 is 0 Å². The lowest BCUT2D eigenvalue weighted by Gasteiger charge is -1.97. The van der Waals surface area contributed by atoms with Gasteiger partial charge in [0.1, 0.15) is 12.4 Å². The predicted octanol–water partition coefficient (Wildman–Crippen LogP) is 2.23. The molecule has 0 fully saturated rings. The van der Waals surface area contributed by atoms with Gasteiger partial charge >= 0.3 is 5.69 Å². The Bertz CT molecular complexity index is 441. The first-order valence-electron chi connectivity index (χ1n) is 3.88. The quantitative estimate of drug-likeness (QED) is 0.510. The molecule has 72 valence electrons. The van der Waals surface area contributed by atoms with Crippen LogP contribution in [0, 0.1) is 15.9 Å². The van der Waals surface area contributed by atoms with Crippen LogP contribution in [0.4, 0.5) is 10.1 Å². The van der Waals surface area contributed by atoms with Gasteiger partial charge in [-0.2, -0.15) is 4.39 Å². The molecule has 0 atom stereocenters. The van der Waals surface area contributed by atoms with Crippen LogP contribution in [0.5, 0.6) is 0 Å². The minimum atomic E-state index is -0.841. The second kappa shape index (κ2) is 2.80. The molecule has 1 aromatic carbocycles. The molecule has 0 unspecified atom stereocenters. The van der Waals surface area contributed by atoms with E-state index in [4.69, 9.17) is 4.74 Å². The number of hydrogen-bond acceptors (Lipinski definition) is 3. The van der Waals surface area contributed by atoms with Gasteiger partial charge in [0.15, 0.2) is 0 Å². The summed E-state index contributed by atoms with van der Waals surface area (Å²) in [5.74, 6) is -0.491. The van der Waals surface area contributed by atoms with Gasteiger partial charge in [-0.25, -0.2) is 0 Å². The summed E-state index contributed by atoms with van der Waals surface area (Å²) >= 11 is 0. The lowest BCUT2D eigenvalue weighted by molar-refractivity contribution is -0.387. The van der Waals surface area contributed by atoms with E-state index in [1.807, 2.05) is 0 Å². The Kier molecular flexibility index (Phi) is 1.73. The largest absolute Gasteiger partial charge is 0.489 e. The lowest BCUT2D eigenvalue weighted by atomic mass is 10.1. The van der Waals surface area contributed by atoms with Crippen molar-refractivity contribution >= 4 is 11.4 Å². The van der Waals surface area contributed by atoms with Crippen molar-refractivity contribution in [2.75, 3.05) is 0 Å². The van der Waals surface area contributed by atoms with Gasteiger partial charge in [-0.05, 0) is 6.07 Å². The highest BCUT2D eigenvalue weighted by molar-refractivity contribution is 5.66. The molecule has 5 heteroatoms. The molecule has 1 aliphatic heterocycles. The number of nitro benzene ring substituents is 1. The molecule has 0 aromatic heterocycles. The van der Waals surface area contributed by atoms with E-state index in [-0.39, 0.29) is 6.61 Å². The smallest absolute Gasteiger partial charge is 0.305 e. The monoisotopic (exact) mass is 195 g/mol. The Morgan fingerprint density at radius 3 is 2.93 bits per heavy atom. The average Bonchev–Trinajstić information content (AvgIpc) is 2.46. The van der Waals surface area contributed by atoms with E-state index in [0.29, 0.717) is 16.9 Å². The number of hydrogen-bond donors (Lipinski definition) is 0. The molecule has 1 heterocycles. The zero-order valence-corrected chi connectivity index (χ0v) is 7.12. The van der Waals surface area contributed by atoms with Gasteiger partial charge in [-0.1, -0.05) is 6.58 Å². The third kappa shape index (κ3) is 1.14. The molecular formula is C9H6FNO3. The lowest BCUT2D eigenvalue weighted by Crippen LogP contribution is -1.95. The van der Waals surface area contributed by atoms with Crippen LogP contribution in [0.25, 0.3) is 5.76 Å². The Morgan fingerprint density at radius 1 is 1.57 bits per heavy atom. The van der Waals surface area contributed by atoms with Crippen LogP contribution in [0.15, 0.2) is 18.7 Å². The molecule has 0 radical (unpaired) electrons. The number of benzene rings is 1. The van der Waals surface area contributed by atoms with Crippen LogP contribution in [-0.4, -0.2) is 4.92 Å². The van der Waals surface area contributed by atoms with Gasteiger partial charge in [0, 0.05) is 17.2 Å². The number of ether oxygens (including phenoxy) is 1. The van der Waals surface area contributed by atoms with Crippen molar-refractivity contribution in [2.24, 2.45) is 0 Å². The van der Waals surface area contributed by atoms with Gasteiger partial charge in [0.25, 0.3) is 0 Å². The van der Waals surface area contributed by atoms with E-state index < -0.39 is 16.4 Å². The van der Waals surface area contributed by atoms with Crippen LogP contribution in [-0.2, 0) is 11.3 Å². The number of nitrogens with zero attached hydrogens (tertiary/aromatic N) is 1. The van der Waals surface area contributed by atoms with Gasteiger partial charge in [0.2, 0.25) is 5.82 Å². The summed E-state index contributed by atoms with van der Waals surface area (Å²) < 4.78 is 18.1. The van der Waals surface area contributed by atoms with Crippen molar-refractivity contribution in [1.82, 2.24) is 0 Å². The Hall–Kier alpha value is -1.91. The molecule has 0 saturated heterocycles. The fourth-order valence-corrected chi connectivity index (χ4v) is 1.36. The van der Waals surface area contributed by atoms with Crippen molar-refractivity contribution in [1.29, 1.82) is 0 Å². The molecule has 2 rings (SSSR count). The van der Waals surface area contributed by atoms with E-state index in [1.54, 1.807) is 0 Å². The van der Waals surface area contributed by atoms with Crippen molar-refractivity contribution in [2.45, 2.75) is 6.61 Å². The second-order valence-corrected chi connectivity index (χ2v) is 2.93. The maximum Gasteiger partial charge on any atom is 0.305 e. The summed E-state index contributed by atoms with van der Waals surface area (Å²) in [6, 6.07) is 2.27. The molecule has 0 amide bonds. The maximum absolute atomic E-state index is 13.1. The fraction of sp³-hybridized carbons (Fsp3) is 0.111. The standard InChI is InChI=1S/C9H6FNO3/c1-5-7-3-9(11(12)13)8(10)2-6(7)4-14-5/h2-3H,1,4H2. The Labute approximate surface area is 78.8 Å². The van der Waals surface area contributed by atoms with E-state index in [0.717, 1.165) is 12.1 Å². The fourth-order valence-electron chi connectivity index (χ4n) is 1.36. The summed E-state index contributed by atoms with van der Waals surface area (Å²) in [6.45, 7) is 3.78. The number of nitro groups is 1. The molecule has 14 heavy (non-hydrogen) atoms. The molecule has 0 aliphatic carbocycles. The first kappa shape index (κ1) is 8.68. The van der Waals surface area contributed by atoms with Crippen LogP contribution in [0.3, 0.4) is 0 Å². The normalized spacial score (nSPS) is 13.6. The number of fused-ring (bicyclic) bond motifs is 1. The van der Waals surface area contributed by atoms with Crippen molar-refractivity contribution in [3.63, 3.8) is 0 Å². The van der Waals surface area contributed by atoms with Gasteiger partial charge in [-0.3, -0.25) is 10.1 Å².